The van der Waals surface area contributed by atoms with Gasteiger partial charge in [0.25, 0.3) is 0 Å². The summed E-state index contributed by atoms with van der Waals surface area (Å²) in [5, 5.41) is 46.1. The first-order valence-corrected chi connectivity index (χ1v) is 28.8. The molecule has 4 aromatic carbocycles. The van der Waals surface area contributed by atoms with Crippen LogP contribution >= 0.6 is 0 Å². The zero-order chi connectivity index (χ0) is 67.7. The van der Waals surface area contributed by atoms with E-state index in [0.717, 1.165) is 28.7 Å². The normalized spacial score (nSPS) is 12.5. The highest BCUT2D eigenvalue weighted by Gasteiger charge is 2.27. The molecule has 0 fully saturated rings. The summed E-state index contributed by atoms with van der Waals surface area (Å²) in [5.41, 5.74) is 8.65. The molecule has 0 spiro atoms. The molecule has 5 atom stereocenters. The number of nitrogens with two attached hydrogens (primary N) is 1. The summed E-state index contributed by atoms with van der Waals surface area (Å²) in [4.78, 5) is 111. The lowest BCUT2D eigenvalue weighted by Crippen LogP contribution is -2.46. The highest BCUT2D eigenvalue weighted by Crippen LogP contribution is 2.31. The summed E-state index contributed by atoms with van der Waals surface area (Å²) >= 11 is 0. The van der Waals surface area contributed by atoms with Crippen molar-refractivity contribution in [3.63, 3.8) is 0 Å². The number of phenols is 2. The number of benzene rings is 4. The SMILES string of the molecule is CC(C)C[C@H](Cc1ccc(O)c(NC(=O)CNC(=O)C(C)NC(=O)OCc2ccccc2)c1)NC(=O)OC(C)(C)C.CC(C[C@H](Cc1ccc(O)c(N)c1)NC(=O)OC(C)(C)C)C(C)(C)C.CC(NC(=O)OCc1ccccc1)C(=O)NCC(=O)O.O=C=O. The number of carbonyl (C=O) groups excluding carboxylic acids is 9. The first-order valence-electron chi connectivity index (χ1n) is 28.8. The van der Waals surface area contributed by atoms with Crippen molar-refractivity contribution in [3.8, 4) is 11.5 Å². The Hall–Kier alpha value is -9.38. The Morgan fingerprint density at radius 1 is 0.528 bits per heavy atom. The van der Waals surface area contributed by atoms with E-state index in [2.05, 4.69) is 64.9 Å². The predicted octanol–water partition coefficient (Wildman–Crippen LogP) is 8.64. The molecular formula is C64H92N8O17. The van der Waals surface area contributed by atoms with Gasteiger partial charge in [-0.05, 0) is 145 Å². The number of aliphatic carboxylic acids is 1. The van der Waals surface area contributed by atoms with Crippen LogP contribution in [0.15, 0.2) is 97.1 Å². The second-order valence-corrected chi connectivity index (χ2v) is 24.3. The number of alkyl carbamates (subject to hydrolysis) is 4. The smallest absolute Gasteiger partial charge is 0.408 e. The molecule has 12 N–H and O–H groups in total. The van der Waals surface area contributed by atoms with E-state index in [9.17, 15) is 48.6 Å². The molecule has 7 amide bonds. The molecule has 0 aromatic heterocycles. The summed E-state index contributed by atoms with van der Waals surface area (Å²) in [6.07, 6.45) is 0.408. The molecule has 0 saturated heterocycles. The van der Waals surface area contributed by atoms with Crippen molar-refractivity contribution >= 4 is 65.6 Å². The topological polar surface area (TPSA) is 379 Å². The Kier molecular flexibility index (Phi) is 33.8. The van der Waals surface area contributed by atoms with Crippen molar-refractivity contribution in [2.75, 3.05) is 24.1 Å². The minimum atomic E-state index is -1.16. The predicted molar refractivity (Wildman–Crippen MR) is 333 cm³/mol. The number of carbonyl (C=O) groups is 8. The maximum Gasteiger partial charge on any atom is 0.408 e. The van der Waals surface area contributed by atoms with E-state index >= 15 is 0 Å². The Bertz CT molecular complexity index is 2920. The minimum absolute atomic E-state index is 0.0568. The molecule has 0 heterocycles. The van der Waals surface area contributed by atoms with Crippen LogP contribution in [0.3, 0.4) is 0 Å². The summed E-state index contributed by atoms with van der Waals surface area (Å²) < 4.78 is 20.8. The van der Waals surface area contributed by atoms with Crippen molar-refractivity contribution in [3.05, 3.63) is 119 Å². The molecule has 25 nitrogen and oxygen atoms in total. The van der Waals surface area contributed by atoms with Crippen LogP contribution in [0.1, 0.15) is 132 Å². The molecule has 0 radical (unpaired) electrons. The van der Waals surface area contributed by atoms with Gasteiger partial charge in [-0.15, -0.1) is 0 Å². The van der Waals surface area contributed by atoms with Gasteiger partial charge in [0.15, 0.2) is 0 Å². The van der Waals surface area contributed by atoms with Gasteiger partial charge in [-0.3, -0.25) is 19.2 Å². The van der Waals surface area contributed by atoms with E-state index in [1.807, 2.05) is 77.1 Å². The zero-order valence-corrected chi connectivity index (χ0v) is 53.5. The van der Waals surface area contributed by atoms with Crippen molar-refractivity contribution in [2.45, 2.75) is 171 Å². The van der Waals surface area contributed by atoms with E-state index in [0.29, 0.717) is 36.8 Å². The Morgan fingerprint density at radius 2 is 0.933 bits per heavy atom. The van der Waals surface area contributed by atoms with Crippen LogP contribution in [0, 0.1) is 17.3 Å². The fourth-order valence-corrected chi connectivity index (χ4v) is 7.64. The average Bonchev–Trinajstić information content (AvgIpc) is 2.00. The summed E-state index contributed by atoms with van der Waals surface area (Å²) in [6, 6.07) is 26.0. The maximum absolute atomic E-state index is 12.5. The first kappa shape index (κ1) is 77.6. The zero-order valence-electron chi connectivity index (χ0n) is 53.5. The highest BCUT2D eigenvalue weighted by molar-refractivity contribution is 5.96. The molecule has 0 aliphatic rings. The molecule has 89 heavy (non-hydrogen) atoms. The lowest BCUT2D eigenvalue weighted by atomic mass is 9.78. The Morgan fingerprint density at radius 3 is 1.33 bits per heavy atom. The fraction of sp³-hybridized carbons (Fsp3) is 0.484. The van der Waals surface area contributed by atoms with Crippen molar-refractivity contribution in [2.24, 2.45) is 17.3 Å². The Balaban J connectivity index is 0.000000703. The lowest BCUT2D eigenvalue weighted by molar-refractivity contribution is -0.191. The van der Waals surface area contributed by atoms with Gasteiger partial charge in [-0.25, -0.2) is 19.2 Å². The van der Waals surface area contributed by atoms with Crippen LogP contribution < -0.4 is 43.0 Å². The number of carboxylic acid groups (broad SMARTS) is 1. The van der Waals surface area contributed by atoms with Gasteiger partial charge in [-0.1, -0.05) is 114 Å². The number of nitrogen functional groups attached to an aromatic ring is 1. The van der Waals surface area contributed by atoms with Gasteiger partial charge in [0.1, 0.15) is 54.5 Å². The number of ether oxygens (including phenoxy) is 4. The molecule has 4 rings (SSSR count). The molecule has 0 bridgehead atoms. The van der Waals surface area contributed by atoms with Crippen LogP contribution in [0.4, 0.5) is 30.6 Å². The number of rotatable bonds is 23. The standard InChI is InChI=1S/C30H42N4O7.C20H34N2O3.C13H16N2O5.CO2/c1-19(2)14-23(33-29(39)41-30(4,5)6)15-22-12-13-25(35)24(16-22)34-26(36)17-31-27(37)20(3)32-28(38)40-18-21-10-8-7-9-11-21;1-13(19(2,3)4)10-15(22-18(24)25-20(5,6)7)11-14-8-9-17(23)16(21)12-14;1-9(12(18)14-7-11(16)17)15-13(19)20-8-10-5-3-2-4-6-10;2-1-3/h7-13,16,19-20,23,35H,14-15,17-18H2,1-6H3,(H,31,37)(H,32,38)(H,33,39)(H,34,36);8-9,12-13,15,23H,10-11,21H2,1-7H3,(H,22,24);2-6,9H,7-8H2,1H3,(H,14,18)(H,15,19)(H,16,17);/t20?,23-;13?,15-;;/m11../s1. The summed E-state index contributed by atoms with van der Waals surface area (Å²) in [6.45, 7) is 25.9. The van der Waals surface area contributed by atoms with Gasteiger partial charge >= 0.3 is 36.5 Å². The van der Waals surface area contributed by atoms with E-state index < -0.39 is 77.9 Å². The molecule has 0 aliphatic carbocycles. The maximum atomic E-state index is 12.5. The first-order chi connectivity index (χ1) is 41.4. The number of amides is 7. The van der Waals surface area contributed by atoms with Crippen LogP contribution in [0.25, 0.3) is 0 Å². The highest BCUT2D eigenvalue weighted by atomic mass is 16.6. The van der Waals surface area contributed by atoms with Gasteiger partial charge in [0.05, 0.1) is 17.9 Å². The van der Waals surface area contributed by atoms with Crippen LogP contribution in [-0.4, -0.2) is 118 Å². The second-order valence-electron chi connectivity index (χ2n) is 24.3. The number of carboxylic acids is 1. The minimum Gasteiger partial charge on any atom is -0.506 e. The van der Waals surface area contributed by atoms with E-state index in [1.54, 1.807) is 69.3 Å². The third-order valence-electron chi connectivity index (χ3n) is 12.4. The van der Waals surface area contributed by atoms with Crippen LogP contribution in [0.2, 0.25) is 0 Å². The largest absolute Gasteiger partial charge is 0.506 e. The monoisotopic (exact) mass is 1240 g/mol. The molecule has 0 saturated carbocycles. The van der Waals surface area contributed by atoms with Gasteiger partial charge in [0.2, 0.25) is 17.7 Å². The van der Waals surface area contributed by atoms with Gasteiger partial charge in [-0.2, -0.15) is 9.59 Å². The number of phenolic OH excluding ortho intramolecular Hbond substituents is 2. The average molecular weight is 1250 g/mol. The van der Waals surface area contributed by atoms with Gasteiger partial charge in [0, 0.05) is 12.1 Å². The molecule has 0 aliphatic heterocycles. The number of nitrogens with one attached hydrogen (secondary N) is 7. The molecule has 3 unspecified atom stereocenters. The van der Waals surface area contributed by atoms with Crippen LogP contribution in [-0.2, 0) is 73.8 Å². The summed E-state index contributed by atoms with van der Waals surface area (Å²) in [5.74, 6) is -2.27. The number of anilines is 2. The third kappa shape index (κ3) is 36.4. The number of hydrogen-bond donors (Lipinski definition) is 11. The molecule has 490 valence electrons. The number of hydrogen-bond acceptors (Lipinski definition) is 17. The second kappa shape index (κ2) is 38.7. The molecular weight excluding hydrogens is 1150 g/mol. The van der Waals surface area contributed by atoms with Crippen molar-refractivity contribution in [1.82, 2.24) is 31.9 Å². The Labute approximate surface area is 521 Å². The summed E-state index contributed by atoms with van der Waals surface area (Å²) in [7, 11) is 0. The number of aromatic hydroxyl groups is 2. The third-order valence-corrected chi connectivity index (χ3v) is 12.4. The van der Waals surface area contributed by atoms with Crippen LogP contribution in [0.5, 0.6) is 11.5 Å². The van der Waals surface area contributed by atoms with E-state index in [1.165, 1.54) is 19.9 Å². The fourth-order valence-electron chi connectivity index (χ4n) is 7.64. The van der Waals surface area contributed by atoms with E-state index in [4.69, 9.17) is 39.4 Å². The molecule has 25 heteroatoms. The quantitative estimate of drug-likeness (QED) is 0.0188. The lowest BCUT2D eigenvalue weighted by Gasteiger charge is -2.32. The van der Waals surface area contributed by atoms with E-state index in [-0.39, 0.29) is 60.6 Å². The van der Waals surface area contributed by atoms with Crippen molar-refractivity contribution in [1.29, 1.82) is 0 Å². The van der Waals surface area contributed by atoms with Crippen molar-refractivity contribution < 1.29 is 82.2 Å². The molecule has 4 aromatic rings. The van der Waals surface area contributed by atoms with Gasteiger partial charge < -0.3 is 77.2 Å².